The molecular weight excluding hydrogens is 758 g/mol. The molecule has 0 spiro atoms. The van der Waals surface area contributed by atoms with E-state index in [1.54, 1.807) is 0 Å². The molecule has 2 unspecified atom stereocenters. The van der Waals surface area contributed by atoms with Gasteiger partial charge in [-0.1, -0.05) is 171 Å². The summed E-state index contributed by atoms with van der Waals surface area (Å²) in [6.45, 7) is 5.23. The lowest BCUT2D eigenvalue weighted by molar-refractivity contribution is -0.870. The van der Waals surface area contributed by atoms with Crippen molar-refractivity contribution in [1.29, 1.82) is 0 Å². The Bertz CT molecular complexity index is 1130. The number of phosphoric acid groups is 1. The number of carbonyl (C=O) groups is 1. The normalized spacial score (nSPS) is 14.2. The van der Waals surface area contributed by atoms with Gasteiger partial charge in [0.05, 0.1) is 34.4 Å². The van der Waals surface area contributed by atoms with Crippen LogP contribution in [-0.4, -0.2) is 70.7 Å². The molecule has 0 amide bonds. The Morgan fingerprint density at radius 1 is 0.542 bits per heavy atom. The summed E-state index contributed by atoms with van der Waals surface area (Å²) in [5.74, 6) is -0.346. The van der Waals surface area contributed by atoms with Gasteiger partial charge < -0.3 is 27.9 Å². The first-order chi connectivity index (χ1) is 28.6. The van der Waals surface area contributed by atoms with Crippen molar-refractivity contribution in [3.63, 3.8) is 0 Å². The number of likely N-dealkylation sites (N-methyl/N-ethyl adjacent to an activating group) is 1. The van der Waals surface area contributed by atoms with Crippen LogP contribution in [0, 0.1) is 0 Å². The van der Waals surface area contributed by atoms with E-state index in [4.69, 9.17) is 18.5 Å². The van der Waals surface area contributed by atoms with Crippen LogP contribution in [0.3, 0.4) is 0 Å². The van der Waals surface area contributed by atoms with Crippen LogP contribution in [0.4, 0.5) is 0 Å². The molecule has 344 valence electrons. The number of nitrogens with zero attached hydrogens (tertiary/aromatic N) is 1. The van der Waals surface area contributed by atoms with Gasteiger partial charge in [-0.05, 0) is 77.0 Å². The van der Waals surface area contributed by atoms with Gasteiger partial charge in [-0.25, -0.2) is 0 Å². The average molecular weight is 850 g/mol. The van der Waals surface area contributed by atoms with Gasteiger partial charge in [-0.3, -0.25) is 9.36 Å². The lowest BCUT2D eigenvalue weighted by Gasteiger charge is -2.28. The molecule has 0 aliphatic heterocycles. The summed E-state index contributed by atoms with van der Waals surface area (Å²) in [5.41, 5.74) is 0. The third kappa shape index (κ3) is 47.1. The van der Waals surface area contributed by atoms with Gasteiger partial charge in [-0.15, -0.1) is 0 Å². The predicted molar refractivity (Wildman–Crippen MR) is 249 cm³/mol. The number of ether oxygens (including phenoxy) is 2. The smallest absolute Gasteiger partial charge is 0.306 e. The first-order valence-electron chi connectivity index (χ1n) is 24.0. The van der Waals surface area contributed by atoms with Crippen molar-refractivity contribution in [3.8, 4) is 0 Å². The third-order valence-corrected chi connectivity index (χ3v) is 11.0. The molecule has 0 aromatic rings. The Labute approximate surface area is 364 Å². The molecule has 0 heterocycles. The number of quaternary nitrogens is 1. The molecule has 0 saturated heterocycles. The van der Waals surface area contributed by atoms with Crippen LogP contribution in [0.2, 0.25) is 0 Å². The van der Waals surface area contributed by atoms with Crippen molar-refractivity contribution in [3.05, 3.63) is 60.8 Å². The van der Waals surface area contributed by atoms with E-state index in [9.17, 15) is 14.3 Å². The van der Waals surface area contributed by atoms with Gasteiger partial charge in [0, 0.05) is 13.0 Å². The van der Waals surface area contributed by atoms with E-state index in [1.165, 1.54) is 96.3 Å². The SMILES string of the molecule is CC/C=C\C/C=C\C/C=C\CCCCCCOCC(COP(=O)([O-])OCC[N+](C)(C)C)OC(=O)CCCCCCCCCCCCC/C=C\C/C=C\CCCCCCC. The molecule has 0 N–H and O–H groups in total. The minimum Gasteiger partial charge on any atom is -0.756 e. The summed E-state index contributed by atoms with van der Waals surface area (Å²) < 4.78 is 34.6. The van der Waals surface area contributed by atoms with E-state index in [0.29, 0.717) is 24.1 Å². The van der Waals surface area contributed by atoms with Gasteiger partial charge in [0.1, 0.15) is 19.3 Å². The highest BCUT2D eigenvalue weighted by Gasteiger charge is 2.20. The Morgan fingerprint density at radius 2 is 0.983 bits per heavy atom. The molecule has 0 bridgehead atoms. The second-order valence-corrected chi connectivity index (χ2v) is 18.5. The minimum absolute atomic E-state index is 0.0189. The van der Waals surface area contributed by atoms with Crippen LogP contribution in [-0.2, 0) is 27.9 Å². The maximum absolute atomic E-state index is 12.7. The van der Waals surface area contributed by atoms with Gasteiger partial charge in [0.15, 0.2) is 0 Å². The number of rotatable bonds is 44. The summed E-state index contributed by atoms with van der Waals surface area (Å²) in [6, 6.07) is 0. The predicted octanol–water partition coefficient (Wildman–Crippen LogP) is 13.9. The molecule has 0 aliphatic carbocycles. The standard InChI is InChI=1S/C50H92NO7P/c1-6-8-10-12-14-16-18-20-22-23-24-25-26-27-28-29-30-31-33-35-37-39-41-43-50(52)58-49(48-57-59(53,54)56-46-44-51(3,4)5)47-55-45-42-40-38-36-34-32-21-19-17-15-13-11-9-7-2/h9,11,15,17-18,20-21,23-24,32,49H,6-8,10,12-14,16,19,22,25-31,33-48H2,1-5H3/b11-9-,17-15-,20-18-,24-23-,32-21-. The van der Waals surface area contributed by atoms with E-state index < -0.39 is 13.9 Å². The zero-order chi connectivity index (χ0) is 43.4. The Kier molecular flexibility index (Phi) is 41.6. The molecule has 9 heteroatoms. The van der Waals surface area contributed by atoms with E-state index in [0.717, 1.165) is 77.0 Å². The molecule has 0 saturated carbocycles. The van der Waals surface area contributed by atoms with Crippen molar-refractivity contribution in [2.24, 2.45) is 0 Å². The highest BCUT2D eigenvalue weighted by Crippen LogP contribution is 2.38. The fourth-order valence-corrected chi connectivity index (χ4v) is 7.08. The van der Waals surface area contributed by atoms with Gasteiger partial charge in [0.2, 0.25) is 0 Å². The first kappa shape index (κ1) is 57.2. The van der Waals surface area contributed by atoms with Gasteiger partial charge >= 0.3 is 5.97 Å². The van der Waals surface area contributed by atoms with Crippen LogP contribution in [0.15, 0.2) is 60.8 Å². The maximum atomic E-state index is 12.7. The number of carbonyl (C=O) groups excluding carboxylic acids is 1. The lowest BCUT2D eigenvalue weighted by Crippen LogP contribution is -2.37. The van der Waals surface area contributed by atoms with Crippen LogP contribution < -0.4 is 4.89 Å². The summed E-state index contributed by atoms with van der Waals surface area (Å²) in [4.78, 5) is 25.1. The average Bonchev–Trinajstić information content (AvgIpc) is 3.19. The van der Waals surface area contributed by atoms with Crippen LogP contribution in [0.25, 0.3) is 0 Å². The molecule has 0 aromatic carbocycles. The summed E-state index contributed by atoms with van der Waals surface area (Å²) in [5, 5.41) is 0. The molecule has 2 atom stereocenters. The molecule has 0 radical (unpaired) electrons. The van der Waals surface area contributed by atoms with Gasteiger partial charge in [-0.2, -0.15) is 0 Å². The Hall–Kier alpha value is -1.80. The number of hydrogen-bond donors (Lipinski definition) is 0. The number of unbranched alkanes of at least 4 members (excludes halogenated alkanes) is 20. The quantitative estimate of drug-likeness (QED) is 0.0198. The highest BCUT2D eigenvalue weighted by atomic mass is 31.2. The fraction of sp³-hybridized carbons (Fsp3) is 0.780. The zero-order valence-corrected chi connectivity index (χ0v) is 39.8. The monoisotopic (exact) mass is 850 g/mol. The van der Waals surface area contributed by atoms with Crippen molar-refractivity contribution in [1.82, 2.24) is 0 Å². The van der Waals surface area contributed by atoms with Crippen LogP contribution in [0.5, 0.6) is 0 Å². The van der Waals surface area contributed by atoms with Crippen LogP contribution in [0.1, 0.15) is 194 Å². The Balaban J connectivity index is 4.17. The number of hydrogen-bond acceptors (Lipinski definition) is 7. The highest BCUT2D eigenvalue weighted by molar-refractivity contribution is 7.45. The van der Waals surface area contributed by atoms with Crippen molar-refractivity contribution in [2.75, 3.05) is 54.1 Å². The summed E-state index contributed by atoms with van der Waals surface area (Å²) in [6.07, 6.45) is 53.9. The molecule has 0 fully saturated rings. The second kappa shape index (κ2) is 42.9. The molecule has 0 aliphatic rings. The molecular formula is C50H92NO7P. The van der Waals surface area contributed by atoms with E-state index >= 15 is 0 Å². The first-order valence-corrected chi connectivity index (χ1v) is 25.5. The van der Waals surface area contributed by atoms with Crippen molar-refractivity contribution < 1.29 is 37.3 Å². The number of phosphoric ester groups is 1. The second-order valence-electron chi connectivity index (χ2n) is 17.1. The number of allylic oxidation sites excluding steroid dienone is 10. The van der Waals surface area contributed by atoms with Gasteiger partial charge in [0.25, 0.3) is 7.82 Å². The third-order valence-electron chi connectivity index (χ3n) is 10.1. The molecule has 8 nitrogen and oxygen atoms in total. The summed E-state index contributed by atoms with van der Waals surface area (Å²) in [7, 11) is 1.33. The molecule has 59 heavy (non-hydrogen) atoms. The van der Waals surface area contributed by atoms with E-state index in [2.05, 4.69) is 74.6 Å². The molecule has 0 rings (SSSR count). The summed E-state index contributed by atoms with van der Waals surface area (Å²) >= 11 is 0. The fourth-order valence-electron chi connectivity index (χ4n) is 6.36. The van der Waals surface area contributed by atoms with Crippen molar-refractivity contribution >= 4 is 13.8 Å². The van der Waals surface area contributed by atoms with Crippen LogP contribution >= 0.6 is 7.82 Å². The largest absolute Gasteiger partial charge is 0.756 e. The van der Waals surface area contributed by atoms with Crippen molar-refractivity contribution in [2.45, 2.75) is 200 Å². The zero-order valence-electron chi connectivity index (χ0n) is 38.9. The lowest BCUT2D eigenvalue weighted by atomic mass is 10.0. The topological polar surface area (TPSA) is 94.1 Å². The maximum Gasteiger partial charge on any atom is 0.306 e. The Morgan fingerprint density at radius 3 is 1.47 bits per heavy atom. The molecule has 0 aromatic heterocycles. The van der Waals surface area contributed by atoms with E-state index in [1.807, 2.05) is 21.1 Å². The van der Waals surface area contributed by atoms with E-state index in [-0.39, 0.29) is 25.8 Å². The number of esters is 1. The minimum atomic E-state index is -4.54.